The number of rotatable bonds is 2. The molecule has 0 aromatic carbocycles. The Morgan fingerprint density at radius 1 is 1.77 bits per heavy atom. The molecule has 1 rings (SSSR count). The van der Waals surface area contributed by atoms with Crippen molar-refractivity contribution in [1.82, 2.24) is 4.98 Å². The molecule has 1 heterocycles. The standard InChI is InChI=1S/C8H8BrN3O/c1-5(13)12-8-6(3-10)2-7(9)4-11-8/h2-4,10H,1H3,(H,11,12,13). The van der Waals surface area contributed by atoms with Crippen LogP contribution in [0.15, 0.2) is 16.7 Å². The number of hydrogen-bond donors (Lipinski definition) is 2. The molecular formula is C8H8BrN3O. The number of nitrogens with one attached hydrogen (secondary N) is 2. The Bertz CT molecular complexity index is 351. The van der Waals surface area contributed by atoms with Gasteiger partial charge in [0.05, 0.1) is 0 Å². The first kappa shape index (κ1) is 9.85. The van der Waals surface area contributed by atoms with Crippen LogP contribution in [0.2, 0.25) is 0 Å². The van der Waals surface area contributed by atoms with E-state index in [0.29, 0.717) is 11.4 Å². The van der Waals surface area contributed by atoms with Crippen molar-refractivity contribution in [2.75, 3.05) is 5.32 Å². The smallest absolute Gasteiger partial charge is 0.222 e. The zero-order chi connectivity index (χ0) is 9.84. The van der Waals surface area contributed by atoms with Crippen molar-refractivity contribution in [2.45, 2.75) is 6.92 Å². The summed E-state index contributed by atoms with van der Waals surface area (Å²) in [7, 11) is 0. The number of nitrogens with zero attached hydrogens (tertiary/aromatic N) is 1. The van der Waals surface area contributed by atoms with Gasteiger partial charge in [-0.05, 0) is 22.0 Å². The van der Waals surface area contributed by atoms with Crippen LogP contribution in [0.5, 0.6) is 0 Å². The zero-order valence-corrected chi connectivity index (χ0v) is 8.55. The molecular weight excluding hydrogens is 234 g/mol. The minimum atomic E-state index is -0.196. The summed E-state index contributed by atoms with van der Waals surface area (Å²) in [6.45, 7) is 1.40. The molecule has 1 aromatic rings. The third kappa shape index (κ3) is 2.62. The Kier molecular flexibility index (Phi) is 3.13. The van der Waals surface area contributed by atoms with E-state index in [0.717, 1.165) is 10.7 Å². The Hall–Kier alpha value is -1.23. The summed E-state index contributed by atoms with van der Waals surface area (Å²) >= 11 is 3.22. The SMILES string of the molecule is CC(=O)Nc1ncc(Br)cc1C=N. The van der Waals surface area contributed by atoms with Crippen molar-refractivity contribution in [1.29, 1.82) is 5.41 Å². The first-order valence-corrected chi connectivity index (χ1v) is 4.36. The van der Waals surface area contributed by atoms with Gasteiger partial charge in [-0.25, -0.2) is 4.98 Å². The summed E-state index contributed by atoms with van der Waals surface area (Å²) in [5.74, 6) is 0.212. The van der Waals surface area contributed by atoms with E-state index in [1.165, 1.54) is 6.92 Å². The van der Waals surface area contributed by atoms with Gasteiger partial charge in [0.1, 0.15) is 5.82 Å². The van der Waals surface area contributed by atoms with Gasteiger partial charge in [-0.15, -0.1) is 0 Å². The molecule has 0 spiro atoms. The van der Waals surface area contributed by atoms with Crippen LogP contribution in [-0.4, -0.2) is 17.1 Å². The topological polar surface area (TPSA) is 65.8 Å². The lowest BCUT2D eigenvalue weighted by atomic mass is 10.3. The van der Waals surface area contributed by atoms with Crippen LogP contribution in [0.3, 0.4) is 0 Å². The molecule has 5 heteroatoms. The van der Waals surface area contributed by atoms with Gasteiger partial charge in [0.2, 0.25) is 5.91 Å². The number of carbonyl (C=O) groups excluding carboxylic acids is 1. The fourth-order valence-electron chi connectivity index (χ4n) is 0.836. The third-order valence-electron chi connectivity index (χ3n) is 1.33. The van der Waals surface area contributed by atoms with Crippen LogP contribution in [-0.2, 0) is 4.79 Å². The lowest BCUT2D eigenvalue weighted by Gasteiger charge is -2.04. The van der Waals surface area contributed by atoms with Crippen molar-refractivity contribution >= 4 is 33.9 Å². The number of carbonyl (C=O) groups is 1. The van der Waals surface area contributed by atoms with Gasteiger partial charge in [-0.1, -0.05) is 0 Å². The second-order valence-corrected chi connectivity index (χ2v) is 3.33. The highest BCUT2D eigenvalue weighted by atomic mass is 79.9. The average molecular weight is 242 g/mol. The van der Waals surface area contributed by atoms with Crippen molar-refractivity contribution in [3.05, 3.63) is 22.3 Å². The van der Waals surface area contributed by atoms with Crippen LogP contribution in [0, 0.1) is 5.41 Å². The molecule has 0 fully saturated rings. The molecule has 0 atom stereocenters. The highest BCUT2D eigenvalue weighted by Gasteiger charge is 2.03. The van der Waals surface area contributed by atoms with E-state index in [2.05, 4.69) is 26.2 Å². The Labute approximate surface area is 84.0 Å². The maximum Gasteiger partial charge on any atom is 0.222 e. The molecule has 0 bridgehead atoms. The fourth-order valence-corrected chi connectivity index (χ4v) is 1.19. The second-order valence-electron chi connectivity index (χ2n) is 2.42. The normalized spacial score (nSPS) is 9.38. The number of halogens is 1. The maximum atomic E-state index is 10.7. The van der Waals surface area contributed by atoms with E-state index < -0.39 is 0 Å². The predicted octanol–water partition coefficient (Wildman–Crippen LogP) is 1.80. The Morgan fingerprint density at radius 3 is 3.00 bits per heavy atom. The molecule has 0 saturated heterocycles. The van der Waals surface area contributed by atoms with Crippen LogP contribution < -0.4 is 5.32 Å². The Morgan fingerprint density at radius 2 is 2.46 bits per heavy atom. The van der Waals surface area contributed by atoms with Crippen LogP contribution >= 0.6 is 15.9 Å². The summed E-state index contributed by atoms with van der Waals surface area (Å²) in [6.07, 6.45) is 2.71. The highest BCUT2D eigenvalue weighted by molar-refractivity contribution is 9.10. The summed E-state index contributed by atoms with van der Waals surface area (Å²) < 4.78 is 0.778. The first-order chi connectivity index (χ1) is 6.13. The molecule has 0 aliphatic heterocycles. The molecule has 0 radical (unpaired) electrons. The molecule has 68 valence electrons. The van der Waals surface area contributed by atoms with Crippen molar-refractivity contribution in [3.8, 4) is 0 Å². The fraction of sp³-hybridized carbons (Fsp3) is 0.125. The molecule has 4 nitrogen and oxygen atoms in total. The van der Waals surface area contributed by atoms with E-state index in [1.807, 2.05) is 0 Å². The minimum absolute atomic E-state index is 0.196. The van der Waals surface area contributed by atoms with E-state index in [1.54, 1.807) is 12.3 Å². The van der Waals surface area contributed by atoms with E-state index in [9.17, 15) is 4.79 Å². The molecule has 1 aromatic heterocycles. The number of hydrogen-bond acceptors (Lipinski definition) is 3. The van der Waals surface area contributed by atoms with Crippen molar-refractivity contribution < 1.29 is 4.79 Å². The molecule has 2 N–H and O–H groups in total. The Balaban J connectivity index is 3.05. The number of amides is 1. The summed E-state index contributed by atoms with van der Waals surface area (Å²) in [5, 5.41) is 9.62. The zero-order valence-electron chi connectivity index (χ0n) is 6.97. The molecule has 13 heavy (non-hydrogen) atoms. The van der Waals surface area contributed by atoms with Gasteiger partial charge in [0, 0.05) is 29.4 Å². The quantitative estimate of drug-likeness (QED) is 0.776. The summed E-state index contributed by atoms with van der Waals surface area (Å²) in [5.41, 5.74) is 0.574. The van der Waals surface area contributed by atoms with Gasteiger partial charge in [0.15, 0.2) is 0 Å². The average Bonchev–Trinajstić information content (AvgIpc) is 2.07. The molecule has 0 unspecified atom stereocenters. The van der Waals surface area contributed by atoms with E-state index >= 15 is 0 Å². The van der Waals surface area contributed by atoms with Gasteiger partial charge < -0.3 is 10.7 Å². The molecule has 0 aliphatic carbocycles. The second kappa shape index (κ2) is 4.13. The van der Waals surface area contributed by atoms with Gasteiger partial charge in [0.25, 0.3) is 0 Å². The van der Waals surface area contributed by atoms with Gasteiger partial charge >= 0.3 is 0 Å². The van der Waals surface area contributed by atoms with Crippen LogP contribution in [0.4, 0.5) is 5.82 Å². The number of aromatic nitrogens is 1. The van der Waals surface area contributed by atoms with E-state index in [4.69, 9.17) is 5.41 Å². The monoisotopic (exact) mass is 241 g/mol. The minimum Gasteiger partial charge on any atom is -0.310 e. The third-order valence-corrected chi connectivity index (χ3v) is 1.77. The van der Waals surface area contributed by atoms with E-state index in [-0.39, 0.29) is 5.91 Å². The largest absolute Gasteiger partial charge is 0.310 e. The maximum absolute atomic E-state index is 10.7. The van der Waals surface area contributed by atoms with Crippen LogP contribution in [0.1, 0.15) is 12.5 Å². The van der Waals surface area contributed by atoms with Crippen molar-refractivity contribution in [2.24, 2.45) is 0 Å². The lowest BCUT2D eigenvalue weighted by molar-refractivity contribution is -0.114. The molecule has 0 aliphatic rings. The number of anilines is 1. The number of pyridine rings is 1. The van der Waals surface area contributed by atoms with Crippen molar-refractivity contribution in [3.63, 3.8) is 0 Å². The molecule has 0 saturated carbocycles. The van der Waals surface area contributed by atoms with Gasteiger partial charge in [-0.3, -0.25) is 4.79 Å². The summed E-state index contributed by atoms with van der Waals surface area (Å²) in [6, 6.07) is 1.71. The summed E-state index contributed by atoms with van der Waals surface area (Å²) in [4.78, 5) is 14.7. The highest BCUT2D eigenvalue weighted by Crippen LogP contribution is 2.15. The first-order valence-electron chi connectivity index (χ1n) is 3.57. The molecule has 1 amide bonds. The predicted molar refractivity (Wildman–Crippen MR) is 54.1 cm³/mol. The van der Waals surface area contributed by atoms with Crippen LogP contribution in [0.25, 0.3) is 0 Å². The lowest BCUT2D eigenvalue weighted by Crippen LogP contribution is -2.09. The van der Waals surface area contributed by atoms with Gasteiger partial charge in [-0.2, -0.15) is 0 Å².